The Balaban J connectivity index is 0.000000232. The maximum Gasteiger partial charge on any atom is 0.253 e. The normalized spacial score (nSPS) is 21.4. The SMILES string of the molecule is CC1C[C@H](C(=O)Nc2ccc(CO)nc2)O[C@@H]1C.COc1cccc(F)c1C(C)F. The molecule has 0 aliphatic carbocycles. The number of aliphatic hydroxyl groups excluding tert-OH is 1. The van der Waals surface area contributed by atoms with Crippen molar-refractivity contribution in [1.29, 1.82) is 0 Å². The predicted octanol–water partition coefficient (Wildman–Crippen LogP) is 4.19. The summed E-state index contributed by atoms with van der Waals surface area (Å²) in [6, 6.07) is 7.64. The number of nitrogens with zero attached hydrogens (tertiary/aromatic N) is 1. The molecule has 3 rings (SSSR count). The van der Waals surface area contributed by atoms with E-state index in [1.807, 2.05) is 6.92 Å². The highest BCUT2D eigenvalue weighted by Gasteiger charge is 2.33. The molecule has 2 aromatic rings. The van der Waals surface area contributed by atoms with Gasteiger partial charge in [0.2, 0.25) is 0 Å². The first-order valence-electron chi connectivity index (χ1n) is 9.75. The van der Waals surface area contributed by atoms with E-state index < -0.39 is 12.0 Å². The molecule has 0 bridgehead atoms. The van der Waals surface area contributed by atoms with E-state index in [1.54, 1.807) is 12.1 Å². The molecular formula is C22H28F2N2O4. The van der Waals surface area contributed by atoms with E-state index in [0.29, 0.717) is 17.3 Å². The number of anilines is 1. The summed E-state index contributed by atoms with van der Waals surface area (Å²) in [5.41, 5.74) is 1.18. The number of carbonyl (C=O) groups excluding carboxylic acids is 1. The zero-order chi connectivity index (χ0) is 22.3. The molecule has 6 nitrogen and oxygen atoms in total. The molecule has 0 spiro atoms. The van der Waals surface area contributed by atoms with Gasteiger partial charge in [0.05, 0.1) is 43.0 Å². The van der Waals surface area contributed by atoms with Crippen LogP contribution in [-0.4, -0.2) is 35.3 Å². The Bertz CT molecular complexity index is 820. The number of nitrogens with one attached hydrogen (secondary N) is 1. The quantitative estimate of drug-likeness (QED) is 0.755. The molecule has 2 N–H and O–H groups in total. The standard InChI is InChI=1S/C13H18N2O3.C9H10F2O/c1-8-5-12(18-9(8)2)13(17)15-10-3-4-11(7-16)14-6-10;1-6(10)9-7(11)4-3-5-8(9)12-2/h3-4,6,8-9,12,16H,5,7H2,1-2H3,(H,15,17);3-6H,1-2H3/t8?,9-,12-;/m1./s1. The van der Waals surface area contributed by atoms with Crippen LogP contribution in [0.5, 0.6) is 5.75 Å². The van der Waals surface area contributed by atoms with Crippen LogP contribution in [0.4, 0.5) is 14.5 Å². The van der Waals surface area contributed by atoms with E-state index in [1.165, 1.54) is 38.4 Å². The summed E-state index contributed by atoms with van der Waals surface area (Å²) in [4.78, 5) is 15.9. The Morgan fingerprint density at radius 3 is 2.57 bits per heavy atom. The fourth-order valence-corrected chi connectivity index (χ4v) is 3.04. The van der Waals surface area contributed by atoms with Crippen LogP contribution in [0, 0.1) is 11.7 Å². The number of methoxy groups -OCH3 is 1. The number of ether oxygens (including phenoxy) is 2. The lowest BCUT2D eigenvalue weighted by atomic mass is 10.0. The Kier molecular flexibility index (Phi) is 8.68. The largest absolute Gasteiger partial charge is 0.496 e. The first-order chi connectivity index (χ1) is 14.3. The molecule has 164 valence electrons. The second-order valence-corrected chi connectivity index (χ2v) is 7.20. The minimum atomic E-state index is -1.35. The highest BCUT2D eigenvalue weighted by molar-refractivity contribution is 5.94. The molecule has 30 heavy (non-hydrogen) atoms. The van der Waals surface area contributed by atoms with Crippen molar-refractivity contribution in [3.63, 3.8) is 0 Å². The predicted molar refractivity (Wildman–Crippen MR) is 109 cm³/mol. The number of benzene rings is 1. The molecular weight excluding hydrogens is 394 g/mol. The number of pyridine rings is 1. The van der Waals surface area contributed by atoms with Crippen molar-refractivity contribution < 1.29 is 28.2 Å². The van der Waals surface area contributed by atoms with E-state index in [0.717, 1.165) is 6.42 Å². The molecule has 0 radical (unpaired) electrons. The lowest BCUT2D eigenvalue weighted by molar-refractivity contribution is -0.126. The average molecular weight is 422 g/mol. The van der Waals surface area contributed by atoms with Gasteiger partial charge >= 0.3 is 0 Å². The molecule has 4 atom stereocenters. The molecule has 0 saturated carbocycles. The molecule has 1 aromatic carbocycles. The molecule has 1 aromatic heterocycles. The summed E-state index contributed by atoms with van der Waals surface area (Å²) in [5, 5.41) is 11.6. The second-order valence-electron chi connectivity index (χ2n) is 7.20. The maximum atomic E-state index is 13.0. The van der Waals surface area contributed by atoms with Crippen LogP contribution in [0.25, 0.3) is 0 Å². The molecule has 1 aliphatic rings. The summed E-state index contributed by atoms with van der Waals surface area (Å²) >= 11 is 0. The summed E-state index contributed by atoms with van der Waals surface area (Å²) in [6.07, 6.45) is 0.671. The fraction of sp³-hybridized carbons (Fsp3) is 0.455. The smallest absolute Gasteiger partial charge is 0.253 e. The topological polar surface area (TPSA) is 80.7 Å². The van der Waals surface area contributed by atoms with Crippen LogP contribution in [-0.2, 0) is 16.1 Å². The number of hydrogen-bond donors (Lipinski definition) is 2. The Morgan fingerprint density at radius 2 is 2.10 bits per heavy atom. The first-order valence-corrected chi connectivity index (χ1v) is 9.75. The van der Waals surface area contributed by atoms with Gasteiger partial charge in [-0.05, 0) is 50.5 Å². The lowest BCUT2D eigenvalue weighted by Crippen LogP contribution is -2.27. The van der Waals surface area contributed by atoms with E-state index in [2.05, 4.69) is 17.2 Å². The monoisotopic (exact) mass is 422 g/mol. The molecule has 1 aliphatic heterocycles. The van der Waals surface area contributed by atoms with Crippen molar-refractivity contribution >= 4 is 11.6 Å². The third kappa shape index (κ3) is 6.21. The molecule has 1 fully saturated rings. The zero-order valence-corrected chi connectivity index (χ0v) is 17.6. The summed E-state index contributed by atoms with van der Waals surface area (Å²) < 4.78 is 36.2. The highest BCUT2D eigenvalue weighted by atomic mass is 19.1. The number of aromatic nitrogens is 1. The summed E-state index contributed by atoms with van der Waals surface area (Å²) in [5.74, 6) is -0.0465. The third-order valence-electron chi connectivity index (χ3n) is 4.94. The number of carbonyl (C=O) groups is 1. The van der Waals surface area contributed by atoms with Crippen LogP contribution in [0.15, 0.2) is 36.5 Å². The van der Waals surface area contributed by atoms with Crippen molar-refractivity contribution in [3.05, 3.63) is 53.6 Å². The van der Waals surface area contributed by atoms with Gasteiger partial charge in [-0.3, -0.25) is 9.78 Å². The van der Waals surface area contributed by atoms with Gasteiger partial charge in [0.1, 0.15) is 23.8 Å². The Hall–Kier alpha value is -2.58. The van der Waals surface area contributed by atoms with Crippen molar-refractivity contribution in [2.45, 2.75) is 52.2 Å². The maximum absolute atomic E-state index is 13.0. The van der Waals surface area contributed by atoms with E-state index in [4.69, 9.17) is 14.6 Å². The van der Waals surface area contributed by atoms with Crippen LogP contribution < -0.4 is 10.1 Å². The van der Waals surface area contributed by atoms with E-state index >= 15 is 0 Å². The van der Waals surface area contributed by atoms with Crippen LogP contribution in [0.2, 0.25) is 0 Å². The van der Waals surface area contributed by atoms with Gasteiger partial charge in [-0.15, -0.1) is 0 Å². The van der Waals surface area contributed by atoms with Gasteiger partial charge in [0.25, 0.3) is 5.91 Å². The molecule has 2 heterocycles. The highest BCUT2D eigenvalue weighted by Crippen LogP contribution is 2.29. The van der Waals surface area contributed by atoms with Crippen molar-refractivity contribution in [2.75, 3.05) is 12.4 Å². The minimum Gasteiger partial charge on any atom is -0.496 e. The van der Waals surface area contributed by atoms with E-state index in [9.17, 15) is 13.6 Å². The van der Waals surface area contributed by atoms with Crippen molar-refractivity contribution in [3.8, 4) is 5.75 Å². The van der Waals surface area contributed by atoms with E-state index in [-0.39, 0.29) is 36.0 Å². The van der Waals surface area contributed by atoms with Crippen molar-refractivity contribution in [1.82, 2.24) is 4.98 Å². The third-order valence-corrected chi connectivity index (χ3v) is 4.94. The average Bonchev–Trinajstić information content (AvgIpc) is 3.07. The van der Waals surface area contributed by atoms with Gasteiger partial charge in [-0.25, -0.2) is 8.78 Å². The summed E-state index contributed by atoms with van der Waals surface area (Å²) in [7, 11) is 1.39. The number of aliphatic hydroxyl groups is 1. The Morgan fingerprint density at radius 1 is 1.37 bits per heavy atom. The van der Waals surface area contributed by atoms with Crippen molar-refractivity contribution in [2.24, 2.45) is 5.92 Å². The lowest BCUT2D eigenvalue weighted by Gasteiger charge is -2.11. The number of amides is 1. The first kappa shape index (κ1) is 23.7. The second kappa shape index (κ2) is 11.0. The zero-order valence-electron chi connectivity index (χ0n) is 17.6. The van der Waals surface area contributed by atoms with Gasteiger partial charge < -0.3 is 19.9 Å². The minimum absolute atomic E-state index is 0.0139. The molecule has 8 heteroatoms. The summed E-state index contributed by atoms with van der Waals surface area (Å²) in [6.45, 7) is 5.24. The number of halogens is 2. The van der Waals surface area contributed by atoms with Crippen LogP contribution in [0.3, 0.4) is 0 Å². The molecule has 2 unspecified atom stereocenters. The van der Waals surface area contributed by atoms with Gasteiger partial charge in [-0.1, -0.05) is 13.0 Å². The van der Waals surface area contributed by atoms with Crippen LogP contribution >= 0.6 is 0 Å². The fourth-order valence-electron chi connectivity index (χ4n) is 3.04. The van der Waals surface area contributed by atoms with Crippen LogP contribution in [0.1, 0.15) is 44.6 Å². The number of alkyl halides is 1. The molecule has 1 saturated heterocycles. The molecule has 1 amide bonds. The number of rotatable bonds is 5. The van der Waals surface area contributed by atoms with Gasteiger partial charge in [0, 0.05) is 0 Å². The Labute approximate surface area is 175 Å². The number of hydrogen-bond acceptors (Lipinski definition) is 5. The van der Waals surface area contributed by atoms with Gasteiger partial charge in [0.15, 0.2) is 0 Å². The van der Waals surface area contributed by atoms with Gasteiger partial charge in [-0.2, -0.15) is 0 Å².